The molecular formula is C13H20BrN3S. The highest BCUT2D eigenvalue weighted by atomic mass is 79.9. The molecular weight excluding hydrogens is 310 g/mol. The minimum absolute atomic E-state index is 0.442. The normalized spacial score (nSPS) is 10.7. The van der Waals surface area contributed by atoms with E-state index in [1.54, 1.807) is 0 Å². The van der Waals surface area contributed by atoms with Crippen LogP contribution in [-0.4, -0.2) is 44.1 Å². The molecule has 0 atom stereocenters. The van der Waals surface area contributed by atoms with E-state index in [-0.39, 0.29) is 0 Å². The number of benzene rings is 1. The molecule has 0 aliphatic heterocycles. The third-order valence-electron chi connectivity index (χ3n) is 2.74. The number of rotatable bonds is 6. The molecule has 0 amide bonds. The number of hydrogen-bond acceptors (Lipinski definition) is 3. The lowest BCUT2D eigenvalue weighted by atomic mass is 10.1. The van der Waals surface area contributed by atoms with Crippen LogP contribution < -0.4 is 10.6 Å². The highest BCUT2D eigenvalue weighted by Crippen LogP contribution is 2.24. The van der Waals surface area contributed by atoms with Crippen LogP contribution >= 0.6 is 28.1 Å². The first-order valence-corrected chi connectivity index (χ1v) is 7.07. The average molecular weight is 330 g/mol. The maximum Gasteiger partial charge on any atom is 0.106 e. The van der Waals surface area contributed by atoms with Gasteiger partial charge in [0.25, 0.3) is 0 Å². The van der Waals surface area contributed by atoms with Crippen molar-refractivity contribution in [1.29, 1.82) is 0 Å². The van der Waals surface area contributed by atoms with Crippen LogP contribution in [0.5, 0.6) is 0 Å². The monoisotopic (exact) mass is 329 g/mol. The zero-order valence-corrected chi connectivity index (χ0v) is 13.5. The second kappa shape index (κ2) is 7.07. The van der Waals surface area contributed by atoms with Crippen molar-refractivity contribution in [3.8, 4) is 0 Å². The van der Waals surface area contributed by atoms with Gasteiger partial charge < -0.3 is 15.5 Å². The van der Waals surface area contributed by atoms with Crippen LogP contribution in [0.15, 0.2) is 22.7 Å². The van der Waals surface area contributed by atoms with Gasteiger partial charge in [-0.1, -0.05) is 28.1 Å². The van der Waals surface area contributed by atoms with Gasteiger partial charge in [0.15, 0.2) is 0 Å². The molecule has 0 aliphatic carbocycles. The van der Waals surface area contributed by atoms with E-state index < -0.39 is 0 Å². The number of anilines is 1. The Kier molecular flexibility index (Phi) is 6.05. The standard InChI is InChI=1S/C13H20BrN3S/c1-16(2)7-4-8-17(3)12-9-10(14)5-6-11(12)13(15)18/h5-6,9H,4,7-8H2,1-3H3,(H2,15,18). The Balaban J connectivity index is 2.80. The topological polar surface area (TPSA) is 32.5 Å². The van der Waals surface area contributed by atoms with E-state index in [1.807, 2.05) is 12.1 Å². The maximum atomic E-state index is 5.76. The molecule has 18 heavy (non-hydrogen) atoms. The highest BCUT2D eigenvalue weighted by Gasteiger charge is 2.10. The minimum Gasteiger partial charge on any atom is -0.389 e. The van der Waals surface area contributed by atoms with Gasteiger partial charge in [0, 0.05) is 29.3 Å². The second-order valence-corrected chi connectivity index (χ2v) is 5.96. The van der Waals surface area contributed by atoms with E-state index in [0.29, 0.717) is 4.99 Å². The fourth-order valence-electron chi connectivity index (χ4n) is 1.77. The van der Waals surface area contributed by atoms with Gasteiger partial charge in [-0.3, -0.25) is 0 Å². The highest BCUT2D eigenvalue weighted by molar-refractivity contribution is 9.10. The van der Waals surface area contributed by atoms with Crippen LogP contribution in [0.4, 0.5) is 5.69 Å². The van der Waals surface area contributed by atoms with Crippen molar-refractivity contribution in [3.63, 3.8) is 0 Å². The van der Waals surface area contributed by atoms with Crippen molar-refractivity contribution >= 4 is 38.8 Å². The quantitative estimate of drug-likeness (QED) is 0.813. The smallest absolute Gasteiger partial charge is 0.106 e. The van der Waals surface area contributed by atoms with E-state index in [9.17, 15) is 0 Å². The lowest BCUT2D eigenvalue weighted by Crippen LogP contribution is -2.25. The molecule has 1 aromatic carbocycles. The minimum atomic E-state index is 0.442. The van der Waals surface area contributed by atoms with Crippen molar-refractivity contribution < 1.29 is 0 Å². The summed E-state index contributed by atoms with van der Waals surface area (Å²) in [5.41, 5.74) is 7.77. The van der Waals surface area contributed by atoms with Crippen molar-refractivity contribution in [3.05, 3.63) is 28.2 Å². The molecule has 2 N–H and O–H groups in total. The van der Waals surface area contributed by atoms with Crippen molar-refractivity contribution in [2.75, 3.05) is 39.1 Å². The summed E-state index contributed by atoms with van der Waals surface area (Å²) in [5, 5.41) is 0. The molecule has 0 saturated carbocycles. The molecule has 100 valence electrons. The fourth-order valence-corrected chi connectivity index (χ4v) is 2.30. The summed E-state index contributed by atoms with van der Waals surface area (Å²) in [7, 11) is 6.23. The van der Waals surface area contributed by atoms with Gasteiger partial charge >= 0.3 is 0 Å². The Morgan fingerprint density at radius 1 is 1.28 bits per heavy atom. The Hall–Kier alpha value is -0.650. The number of hydrogen-bond donors (Lipinski definition) is 1. The SMILES string of the molecule is CN(C)CCCN(C)c1cc(Br)ccc1C(N)=S. The summed E-state index contributed by atoms with van der Waals surface area (Å²) >= 11 is 8.58. The van der Waals surface area contributed by atoms with E-state index in [0.717, 1.165) is 35.2 Å². The van der Waals surface area contributed by atoms with Crippen molar-refractivity contribution in [1.82, 2.24) is 4.90 Å². The molecule has 0 saturated heterocycles. The molecule has 5 heteroatoms. The lowest BCUT2D eigenvalue weighted by molar-refractivity contribution is 0.401. The molecule has 3 nitrogen and oxygen atoms in total. The molecule has 0 unspecified atom stereocenters. The third-order valence-corrected chi connectivity index (χ3v) is 3.45. The van der Waals surface area contributed by atoms with Gasteiger partial charge in [0.05, 0.1) is 0 Å². The molecule has 0 aromatic heterocycles. The molecule has 0 spiro atoms. The fraction of sp³-hybridized carbons (Fsp3) is 0.462. The molecule has 0 aliphatic rings. The average Bonchev–Trinajstić information content (AvgIpc) is 2.27. The summed E-state index contributed by atoms with van der Waals surface area (Å²) in [6, 6.07) is 5.99. The maximum absolute atomic E-state index is 5.76. The zero-order chi connectivity index (χ0) is 13.7. The van der Waals surface area contributed by atoms with Crippen LogP contribution in [0.1, 0.15) is 12.0 Å². The van der Waals surface area contributed by atoms with Gasteiger partial charge in [-0.15, -0.1) is 0 Å². The van der Waals surface area contributed by atoms with Crippen LogP contribution in [0, 0.1) is 0 Å². The number of nitrogens with two attached hydrogens (primary N) is 1. The van der Waals surface area contributed by atoms with Crippen LogP contribution in [0.3, 0.4) is 0 Å². The molecule has 0 heterocycles. The summed E-state index contributed by atoms with van der Waals surface area (Å²) in [6.45, 7) is 2.05. The summed E-state index contributed by atoms with van der Waals surface area (Å²) in [6.07, 6.45) is 1.10. The van der Waals surface area contributed by atoms with E-state index >= 15 is 0 Å². The van der Waals surface area contributed by atoms with Gasteiger partial charge in [-0.25, -0.2) is 0 Å². The van der Waals surface area contributed by atoms with Crippen molar-refractivity contribution in [2.24, 2.45) is 5.73 Å². The Morgan fingerprint density at radius 3 is 2.50 bits per heavy atom. The van der Waals surface area contributed by atoms with Crippen LogP contribution in [-0.2, 0) is 0 Å². The number of halogens is 1. The van der Waals surface area contributed by atoms with E-state index in [1.165, 1.54) is 0 Å². The van der Waals surface area contributed by atoms with E-state index in [2.05, 4.69) is 52.9 Å². The zero-order valence-electron chi connectivity index (χ0n) is 11.1. The molecule has 1 aromatic rings. The van der Waals surface area contributed by atoms with Gasteiger partial charge in [-0.05, 0) is 45.3 Å². The predicted molar refractivity (Wildman–Crippen MR) is 86.5 cm³/mol. The predicted octanol–water partition coefficient (Wildman–Crippen LogP) is 2.47. The Morgan fingerprint density at radius 2 is 1.94 bits per heavy atom. The number of thiocarbonyl (C=S) groups is 1. The lowest BCUT2D eigenvalue weighted by Gasteiger charge is -2.23. The molecule has 0 bridgehead atoms. The second-order valence-electron chi connectivity index (χ2n) is 4.60. The van der Waals surface area contributed by atoms with E-state index in [4.69, 9.17) is 18.0 Å². The first kappa shape index (κ1) is 15.4. The third kappa shape index (κ3) is 4.55. The van der Waals surface area contributed by atoms with Crippen molar-refractivity contribution in [2.45, 2.75) is 6.42 Å². The number of nitrogens with zero attached hydrogens (tertiary/aromatic N) is 2. The first-order chi connectivity index (χ1) is 8.41. The van der Waals surface area contributed by atoms with Gasteiger partial charge in [0.2, 0.25) is 0 Å². The Labute approximate surface area is 123 Å². The summed E-state index contributed by atoms with van der Waals surface area (Å²) in [4.78, 5) is 4.82. The largest absolute Gasteiger partial charge is 0.389 e. The van der Waals surface area contributed by atoms with Crippen LogP contribution in [0.25, 0.3) is 0 Å². The molecule has 0 fully saturated rings. The molecule has 1 rings (SSSR count). The van der Waals surface area contributed by atoms with Gasteiger partial charge in [-0.2, -0.15) is 0 Å². The van der Waals surface area contributed by atoms with Gasteiger partial charge in [0.1, 0.15) is 4.99 Å². The summed E-state index contributed by atoms with van der Waals surface area (Å²) in [5.74, 6) is 0. The van der Waals surface area contributed by atoms with Crippen LogP contribution in [0.2, 0.25) is 0 Å². The summed E-state index contributed by atoms with van der Waals surface area (Å²) < 4.78 is 1.04. The Bertz CT molecular complexity index is 421. The first-order valence-electron chi connectivity index (χ1n) is 5.87. The molecule has 0 radical (unpaired) electrons.